The monoisotopic (exact) mass is 356 g/mol. The van der Waals surface area contributed by atoms with Crippen LogP contribution < -0.4 is 5.32 Å². The largest absolute Gasteiger partial charge is 0.320 e. The smallest absolute Gasteiger partial charge is 0.285 e. The van der Waals surface area contributed by atoms with Gasteiger partial charge in [-0.1, -0.05) is 11.6 Å². The summed E-state index contributed by atoms with van der Waals surface area (Å²) in [6.07, 6.45) is 2.45. The first-order valence-corrected chi connectivity index (χ1v) is 6.37. The van der Waals surface area contributed by atoms with Crippen molar-refractivity contribution in [2.24, 2.45) is 0 Å². The van der Waals surface area contributed by atoms with Crippen molar-refractivity contribution < 1.29 is 9.72 Å². The predicted molar refractivity (Wildman–Crippen MR) is 75.8 cm³/mol. The molecule has 1 N–H and O–H groups in total. The standard InChI is InChI=1S/C11H6BrClN4O3/c12-7-2-1-6(3-9(7)17(19)20)16-11(18)8-4-15-10(13)5-14-8/h1-5H,(H,16,18). The van der Waals surface area contributed by atoms with Crippen molar-refractivity contribution in [1.82, 2.24) is 9.97 Å². The number of hydrogen-bond acceptors (Lipinski definition) is 5. The molecule has 0 aliphatic rings. The molecule has 0 radical (unpaired) electrons. The molecule has 0 fully saturated rings. The molecule has 0 bridgehead atoms. The maximum atomic E-state index is 11.9. The van der Waals surface area contributed by atoms with Crippen LogP contribution in [0.2, 0.25) is 5.15 Å². The lowest BCUT2D eigenvalue weighted by molar-refractivity contribution is -0.385. The summed E-state index contributed by atoms with van der Waals surface area (Å²) in [5.41, 5.74) is 0.187. The first-order chi connectivity index (χ1) is 9.47. The van der Waals surface area contributed by atoms with Gasteiger partial charge in [0.05, 0.1) is 21.8 Å². The average Bonchev–Trinajstić information content (AvgIpc) is 2.41. The van der Waals surface area contributed by atoms with Crippen LogP contribution in [0.5, 0.6) is 0 Å². The van der Waals surface area contributed by atoms with Crippen LogP contribution in [-0.2, 0) is 0 Å². The van der Waals surface area contributed by atoms with E-state index in [0.717, 1.165) is 0 Å². The summed E-state index contributed by atoms with van der Waals surface area (Å²) in [5, 5.41) is 13.5. The molecule has 0 atom stereocenters. The third-order valence-corrected chi connectivity index (χ3v) is 3.12. The molecule has 0 spiro atoms. The second-order valence-electron chi connectivity index (χ2n) is 3.60. The molecule has 20 heavy (non-hydrogen) atoms. The van der Waals surface area contributed by atoms with Crippen LogP contribution in [0, 0.1) is 10.1 Å². The molecule has 0 saturated carbocycles. The Labute approximate surface area is 126 Å². The highest BCUT2D eigenvalue weighted by Crippen LogP contribution is 2.27. The Morgan fingerprint density at radius 3 is 2.70 bits per heavy atom. The number of carbonyl (C=O) groups is 1. The van der Waals surface area contributed by atoms with Crippen molar-refractivity contribution in [3.63, 3.8) is 0 Å². The van der Waals surface area contributed by atoms with E-state index in [-0.39, 0.29) is 22.2 Å². The molecule has 0 aliphatic carbocycles. The van der Waals surface area contributed by atoms with Crippen LogP contribution in [0.15, 0.2) is 35.1 Å². The van der Waals surface area contributed by atoms with E-state index in [1.807, 2.05) is 0 Å². The van der Waals surface area contributed by atoms with E-state index in [2.05, 4.69) is 31.2 Å². The molecule has 0 saturated heterocycles. The maximum Gasteiger partial charge on any atom is 0.285 e. The number of anilines is 1. The molecule has 1 heterocycles. The Morgan fingerprint density at radius 1 is 1.35 bits per heavy atom. The number of hydrogen-bond donors (Lipinski definition) is 1. The summed E-state index contributed by atoms with van der Waals surface area (Å²) in [5.74, 6) is -0.536. The normalized spacial score (nSPS) is 10.1. The zero-order chi connectivity index (χ0) is 14.7. The van der Waals surface area contributed by atoms with Crippen LogP contribution in [0.4, 0.5) is 11.4 Å². The minimum atomic E-state index is -0.554. The molecule has 7 nitrogen and oxygen atoms in total. The second kappa shape index (κ2) is 5.93. The van der Waals surface area contributed by atoms with Crippen molar-refractivity contribution in [2.45, 2.75) is 0 Å². The number of benzene rings is 1. The summed E-state index contributed by atoms with van der Waals surface area (Å²) in [4.78, 5) is 29.6. The van der Waals surface area contributed by atoms with E-state index < -0.39 is 10.8 Å². The van der Waals surface area contributed by atoms with Gasteiger partial charge in [-0.2, -0.15) is 0 Å². The predicted octanol–water partition coefficient (Wildman–Crippen LogP) is 3.05. The minimum absolute atomic E-state index is 0.0555. The fourth-order valence-corrected chi connectivity index (χ4v) is 1.84. The molecule has 1 aromatic heterocycles. The first kappa shape index (κ1) is 14.4. The minimum Gasteiger partial charge on any atom is -0.320 e. The molecule has 102 valence electrons. The lowest BCUT2D eigenvalue weighted by Gasteiger charge is -2.05. The number of amides is 1. The van der Waals surface area contributed by atoms with E-state index in [0.29, 0.717) is 4.47 Å². The van der Waals surface area contributed by atoms with Crippen LogP contribution in [-0.4, -0.2) is 20.8 Å². The van der Waals surface area contributed by atoms with Crippen molar-refractivity contribution in [3.05, 3.63) is 56.0 Å². The number of halogens is 2. The summed E-state index contributed by atoms with van der Waals surface area (Å²) in [6.45, 7) is 0. The topological polar surface area (TPSA) is 98.0 Å². The van der Waals surface area contributed by atoms with Crippen molar-refractivity contribution in [2.75, 3.05) is 5.32 Å². The Bertz CT molecular complexity index is 678. The third-order valence-electron chi connectivity index (χ3n) is 2.25. The summed E-state index contributed by atoms with van der Waals surface area (Å²) < 4.78 is 0.326. The zero-order valence-electron chi connectivity index (χ0n) is 9.71. The van der Waals surface area contributed by atoms with Crippen LogP contribution in [0.3, 0.4) is 0 Å². The van der Waals surface area contributed by atoms with E-state index >= 15 is 0 Å². The van der Waals surface area contributed by atoms with Crippen molar-refractivity contribution >= 4 is 44.8 Å². The molecule has 0 unspecified atom stereocenters. The van der Waals surface area contributed by atoms with Crippen LogP contribution in [0.25, 0.3) is 0 Å². The zero-order valence-corrected chi connectivity index (χ0v) is 12.1. The van der Waals surface area contributed by atoms with Crippen LogP contribution >= 0.6 is 27.5 Å². The molecule has 2 aromatic rings. The fourth-order valence-electron chi connectivity index (χ4n) is 1.36. The maximum absolute atomic E-state index is 11.9. The Morgan fingerprint density at radius 2 is 2.10 bits per heavy atom. The molecular formula is C11H6BrClN4O3. The van der Waals surface area contributed by atoms with Crippen molar-refractivity contribution in [1.29, 1.82) is 0 Å². The quantitative estimate of drug-likeness (QED) is 0.672. The van der Waals surface area contributed by atoms with Gasteiger partial charge in [0.1, 0.15) is 10.8 Å². The Balaban J connectivity index is 2.21. The molecule has 0 aliphatic heterocycles. The summed E-state index contributed by atoms with van der Waals surface area (Å²) >= 11 is 8.62. The Kier molecular flexibility index (Phi) is 4.26. The third kappa shape index (κ3) is 3.28. The molecule has 2 rings (SSSR count). The van der Waals surface area contributed by atoms with Crippen LogP contribution in [0.1, 0.15) is 10.5 Å². The second-order valence-corrected chi connectivity index (χ2v) is 4.84. The van der Waals surface area contributed by atoms with Gasteiger partial charge in [-0.3, -0.25) is 14.9 Å². The van der Waals surface area contributed by atoms with Gasteiger partial charge in [-0.15, -0.1) is 0 Å². The van der Waals surface area contributed by atoms with E-state index in [4.69, 9.17) is 11.6 Å². The van der Waals surface area contributed by atoms with Gasteiger partial charge in [0.25, 0.3) is 11.6 Å². The number of nitro benzene ring substituents is 1. The number of nitrogens with one attached hydrogen (secondary N) is 1. The number of rotatable bonds is 3. The number of nitro groups is 1. The lowest BCUT2D eigenvalue weighted by Crippen LogP contribution is -2.14. The van der Waals surface area contributed by atoms with Gasteiger partial charge in [0.2, 0.25) is 0 Å². The average molecular weight is 358 g/mol. The Hall–Kier alpha value is -2.06. The number of aromatic nitrogens is 2. The highest BCUT2D eigenvalue weighted by atomic mass is 79.9. The van der Waals surface area contributed by atoms with E-state index in [1.54, 1.807) is 0 Å². The number of nitrogens with zero attached hydrogens (tertiary/aromatic N) is 3. The SMILES string of the molecule is O=C(Nc1ccc(Br)c([N+](=O)[O-])c1)c1cnc(Cl)cn1. The lowest BCUT2D eigenvalue weighted by atomic mass is 10.2. The van der Waals surface area contributed by atoms with Gasteiger partial charge >= 0.3 is 0 Å². The molecule has 9 heteroatoms. The highest BCUT2D eigenvalue weighted by Gasteiger charge is 2.14. The van der Waals surface area contributed by atoms with E-state index in [9.17, 15) is 14.9 Å². The van der Waals surface area contributed by atoms with Gasteiger partial charge in [-0.05, 0) is 28.1 Å². The molecular weight excluding hydrogens is 352 g/mol. The van der Waals surface area contributed by atoms with Gasteiger partial charge in [0.15, 0.2) is 0 Å². The van der Waals surface area contributed by atoms with Gasteiger partial charge < -0.3 is 5.32 Å². The van der Waals surface area contributed by atoms with Gasteiger partial charge in [0, 0.05) is 11.8 Å². The summed E-state index contributed by atoms with van der Waals surface area (Å²) in [7, 11) is 0. The summed E-state index contributed by atoms with van der Waals surface area (Å²) in [6, 6.07) is 4.24. The van der Waals surface area contributed by atoms with Crippen molar-refractivity contribution in [3.8, 4) is 0 Å². The van der Waals surface area contributed by atoms with Gasteiger partial charge in [-0.25, -0.2) is 9.97 Å². The molecule has 1 amide bonds. The van der Waals surface area contributed by atoms with E-state index in [1.165, 1.54) is 30.6 Å². The molecule has 1 aromatic carbocycles. The first-order valence-electron chi connectivity index (χ1n) is 5.20. The number of carbonyl (C=O) groups excluding carboxylic acids is 1. The highest BCUT2D eigenvalue weighted by molar-refractivity contribution is 9.10. The fraction of sp³-hybridized carbons (Fsp3) is 0.